The van der Waals surface area contributed by atoms with E-state index in [1.54, 1.807) is 4.68 Å². The van der Waals surface area contributed by atoms with Crippen molar-refractivity contribution in [2.45, 2.75) is 6.54 Å². The van der Waals surface area contributed by atoms with Crippen LogP contribution in [-0.4, -0.2) is 14.8 Å². The van der Waals surface area contributed by atoms with Crippen molar-refractivity contribution in [1.82, 2.24) is 14.8 Å². The van der Waals surface area contributed by atoms with E-state index in [1.165, 1.54) is 0 Å². The minimum atomic E-state index is 0.396. The van der Waals surface area contributed by atoms with Gasteiger partial charge in [0.05, 0.1) is 6.54 Å². The third-order valence-electron chi connectivity index (χ3n) is 2.91. The van der Waals surface area contributed by atoms with Crippen LogP contribution in [0.3, 0.4) is 0 Å². The van der Waals surface area contributed by atoms with Crippen LogP contribution in [0.4, 0.5) is 17.6 Å². The van der Waals surface area contributed by atoms with E-state index in [-0.39, 0.29) is 0 Å². The molecule has 2 aromatic carbocycles. The number of nitrogens with zero attached hydrogens (tertiary/aromatic N) is 3. The molecule has 0 aliphatic rings. The molecular weight excluding hydrogens is 250 g/mol. The quantitative estimate of drug-likeness (QED) is 0.761. The summed E-state index contributed by atoms with van der Waals surface area (Å²) >= 11 is 0. The van der Waals surface area contributed by atoms with Crippen molar-refractivity contribution < 1.29 is 0 Å². The van der Waals surface area contributed by atoms with Crippen LogP contribution in [0, 0.1) is 0 Å². The number of hydrogen-bond donors (Lipinski definition) is 2. The van der Waals surface area contributed by atoms with Gasteiger partial charge < -0.3 is 11.1 Å². The van der Waals surface area contributed by atoms with E-state index in [0.717, 1.165) is 11.3 Å². The number of para-hydroxylation sites is 1. The predicted molar refractivity (Wildman–Crippen MR) is 79.7 cm³/mol. The maximum atomic E-state index is 5.89. The predicted octanol–water partition coefficient (Wildman–Crippen LogP) is 2.65. The Morgan fingerprint density at radius 3 is 2.30 bits per heavy atom. The van der Waals surface area contributed by atoms with Crippen LogP contribution in [0.25, 0.3) is 0 Å². The lowest BCUT2D eigenvalue weighted by Gasteiger charge is -2.02. The van der Waals surface area contributed by atoms with Crippen LogP contribution in [0.15, 0.2) is 60.7 Å². The van der Waals surface area contributed by atoms with E-state index in [2.05, 4.69) is 15.4 Å². The van der Waals surface area contributed by atoms with Gasteiger partial charge in [-0.15, -0.1) is 5.10 Å². The lowest BCUT2D eigenvalue weighted by molar-refractivity contribution is 0.698. The summed E-state index contributed by atoms with van der Waals surface area (Å²) in [4.78, 5) is 4.22. The normalized spacial score (nSPS) is 10.4. The highest BCUT2D eigenvalue weighted by Gasteiger charge is 2.07. The molecule has 0 atom stereocenters. The maximum absolute atomic E-state index is 5.89. The first-order chi connectivity index (χ1) is 9.81. The van der Waals surface area contributed by atoms with Crippen molar-refractivity contribution in [3.8, 4) is 0 Å². The van der Waals surface area contributed by atoms with E-state index in [1.807, 2.05) is 60.7 Å². The van der Waals surface area contributed by atoms with Crippen LogP contribution in [-0.2, 0) is 6.54 Å². The highest BCUT2D eigenvalue weighted by atomic mass is 15.4. The number of nitrogens with one attached hydrogen (secondary N) is 1. The number of benzene rings is 2. The van der Waals surface area contributed by atoms with E-state index in [4.69, 9.17) is 5.73 Å². The van der Waals surface area contributed by atoms with E-state index < -0.39 is 0 Å². The standard InChI is InChI=1S/C15H15N5/c16-14-18-15(17-13-9-5-2-6-10-13)19-20(14)11-12-7-3-1-4-8-12/h1-10H,11H2,(H3,16,17,18,19). The molecule has 3 N–H and O–H groups in total. The summed E-state index contributed by atoms with van der Waals surface area (Å²) in [7, 11) is 0. The number of hydrogen-bond acceptors (Lipinski definition) is 4. The SMILES string of the molecule is Nc1nc(Nc2ccccc2)nn1Cc1ccccc1. The average Bonchev–Trinajstić information content (AvgIpc) is 2.81. The molecule has 0 amide bonds. The summed E-state index contributed by atoms with van der Waals surface area (Å²) in [5, 5.41) is 7.50. The molecule has 0 aliphatic heterocycles. The first-order valence-electron chi connectivity index (χ1n) is 6.37. The van der Waals surface area contributed by atoms with Gasteiger partial charge in [0.25, 0.3) is 0 Å². The van der Waals surface area contributed by atoms with Crippen molar-refractivity contribution in [2.24, 2.45) is 0 Å². The van der Waals surface area contributed by atoms with Gasteiger partial charge in [0.1, 0.15) is 0 Å². The minimum absolute atomic E-state index is 0.396. The molecule has 1 heterocycles. The van der Waals surface area contributed by atoms with Crippen LogP contribution in [0.2, 0.25) is 0 Å². The summed E-state index contributed by atoms with van der Waals surface area (Å²) in [6.45, 7) is 0.607. The third kappa shape index (κ3) is 2.77. The van der Waals surface area contributed by atoms with Gasteiger partial charge in [0.15, 0.2) is 0 Å². The monoisotopic (exact) mass is 265 g/mol. The Kier molecular flexibility index (Phi) is 3.33. The summed E-state index contributed by atoms with van der Waals surface area (Å²) in [6, 6.07) is 19.8. The summed E-state index contributed by atoms with van der Waals surface area (Å²) in [5.41, 5.74) is 7.96. The van der Waals surface area contributed by atoms with Gasteiger partial charge >= 0.3 is 0 Å². The fourth-order valence-corrected chi connectivity index (χ4v) is 1.93. The number of nitrogens with two attached hydrogens (primary N) is 1. The van der Waals surface area contributed by atoms with E-state index in [9.17, 15) is 0 Å². The maximum Gasteiger partial charge on any atom is 0.248 e. The molecule has 0 bridgehead atoms. The van der Waals surface area contributed by atoms with E-state index in [0.29, 0.717) is 18.4 Å². The zero-order valence-electron chi connectivity index (χ0n) is 10.9. The number of nitrogen functional groups attached to an aromatic ring is 1. The molecule has 5 nitrogen and oxygen atoms in total. The molecule has 3 aromatic rings. The molecule has 0 saturated heterocycles. The smallest absolute Gasteiger partial charge is 0.248 e. The molecular formula is C15H15N5. The van der Waals surface area contributed by atoms with Gasteiger partial charge in [-0.1, -0.05) is 48.5 Å². The van der Waals surface area contributed by atoms with Crippen molar-refractivity contribution in [1.29, 1.82) is 0 Å². The largest absolute Gasteiger partial charge is 0.368 e. The second kappa shape index (κ2) is 5.44. The molecule has 5 heteroatoms. The summed E-state index contributed by atoms with van der Waals surface area (Å²) < 4.78 is 1.68. The topological polar surface area (TPSA) is 68.8 Å². The number of rotatable bonds is 4. The first-order valence-corrected chi connectivity index (χ1v) is 6.37. The van der Waals surface area contributed by atoms with Crippen LogP contribution >= 0.6 is 0 Å². The fraction of sp³-hybridized carbons (Fsp3) is 0.0667. The Morgan fingerprint density at radius 2 is 1.60 bits per heavy atom. The Morgan fingerprint density at radius 1 is 0.950 bits per heavy atom. The van der Waals surface area contributed by atoms with Crippen LogP contribution in [0.5, 0.6) is 0 Å². The summed E-state index contributed by atoms with van der Waals surface area (Å²) in [5.74, 6) is 0.900. The summed E-state index contributed by atoms with van der Waals surface area (Å²) in [6.07, 6.45) is 0. The zero-order valence-corrected chi connectivity index (χ0v) is 10.9. The van der Waals surface area contributed by atoms with Gasteiger partial charge in [-0.3, -0.25) is 0 Å². The first kappa shape index (κ1) is 12.2. The van der Waals surface area contributed by atoms with E-state index >= 15 is 0 Å². The number of anilines is 3. The van der Waals surface area contributed by atoms with Gasteiger partial charge in [-0.2, -0.15) is 4.98 Å². The Balaban J connectivity index is 1.77. The molecule has 0 fully saturated rings. The zero-order chi connectivity index (χ0) is 13.8. The molecule has 20 heavy (non-hydrogen) atoms. The Labute approximate surface area is 117 Å². The molecule has 0 spiro atoms. The molecule has 3 rings (SSSR count). The third-order valence-corrected chi connectivity index (χ3v) is 2.91. The minimum Gasteiger partial charge on any atom is -0.368 e. The second-order valence-electron chi connectivity index (χ2n) is 4.43. The number of aromatic nitrogens is 3. The van der Waals surface area contributed by atoms with Crippen molar-refractivity contribution in [3.63, 3.8) is 0 Å². The van der Waals surface area contributed by atoms with Gasteiger partial charge in [0.2, 0.25) is 11.9 Å². The van der Waals surface area contributed by atoms with Crippen molar-refractivity contribution in [2.75, 3.05) is 11.1 Å². The van der Waals surface area contributed by atoms with Crippen molar-refractivity contribution >= 4 is 17.6 Å². The molecule has 0 radical (unpaired) electrons. The van der Waals surface area contributed by atoms with Crippen molar-refractivity contribution in [3.05, 3.63) is 66.2 Å². The highest BCUT2D eigenvalue weighted by Crippen LogP contribution is 2.14. The van der Waals surface area contributed by atoms with Gasteiger partial charge in [-0.25, -0.2) is 4.68 Å². The average molecular weight is 265 g/mol. The molecule has 0 aliphatic carbocycles. The fourth-order valence-electron chi connectivity index (χ4n) is 1.93. The Bertz CT molecular complexity index is 676. The molecule has 100 valence electrons. The van der Waals surface area contributed by atoms with Gasteiger partial charge in [-0.05, 0) is 17.7 Å². The second-order valence-corrected chi connectivity index (χ2v) is 4.43. The Hall–Kier alpha value is -2.82. The lowest BCUT2D eigenvalue weighted by atomic mass is 10.2. The molecule has 0 unspecified atom stereocenters. The molecule has 0 saturated carbocycles. The van der Waals surface area contributed by atoms with Crippen LogP contribution < -0.4 is 11.1 Å². The van der Waals surface area contributed by atoms with Crippen LogP contribution in [0.1, 0.15) is 5.56 Å². The molecule has 1 aromatic heterocycles. The van der Waals surface area contributed by atoms with Gasteiger partial charge in [0, 0.05) is 5.69 Å². The highest BCUT2D eigenvalue weighted by molar-refractivity contribution is 5.53. The lowest BCUT2D eigenvalue weighted by Crippen LogP contribution is -2.06.